The Labute approximate surface area is 135 Å². The summed E-state index contributed by atoms with van der Waals surface area (Å²) < 4.78 is 10.2. The van der Waals surface area contributed by atoms with E-state index in [2.05, 4.69) is 5.32 Å². The monoisotopic (exact) mass is 316 g/mol. The summed E-state index contributed by atoms with van der Waals surface area (Å²) in [4.78, 5) is 25.5. The Morgan fingerprint density at radius 3 is 2.57 bits per heavy atom. The number of rotatable bonds is 7. The molecule has 23 heavy (non-hydrogen) atoms. The number of hydrogen-bond acceptors (Lipinski definition) is 4. The van der Waals surface area contributed by atoms with E-state index in [1.54, 1.807) is 44.7 Å². The quantitative estimate of drug-likeness (QED) is 0.845. The third-order valence-corrected chi connectivity index (χ3v) is 3.28. The van der Waals surface area contributed by atoms with Crippen LogP contribution >= 0.6 is 0 Å². The topological polar surface area (TPSA) is 71.8 Å². The SMILES string of the molecule is COCc1ccc(C(=O)N(C)CC(=O)NCc2ccco2)cc1. The molecule has 0 saturated carbocycles. The second-order valence-electron chi connectivity index (χ2n) is 5.15. The van der Waals surface area contributed by atoms with Crippen LogP contribution in [-0.2, 0) is 22.7 Å². The lowest BCUT2D eigenvalue weighted by Crippen LogP contribution is -2.38. The van der Waals surface area contributed by atoms with Crippen LogP contribution < -0.4 is 5.32 Å². The van der Waals surface area contributed by atoms with Gasteiger partial charge >= 0.3 is 0 Å². The summed E-state index contributed by atoms with van der Waals surface area (Å²) in [5.74, 6) is 0.219. The summed E-state index contributed by atoms with van der Waals surface area (Å²) in [6, 6.07) is 10.7. The minimum atomic E-state index is -0.242. The molecule has 0 aliphatic carbocycles. The molecule has 1 N–H and O–H groups in total. The minimum absolute atomic E-state index is 0.0145. The second kappa shape index (κ2) is 8.14. The first-order valence-electron chi connectivity index (χ1n) is 7.22. The van der Waals surface area contributed by atoms with E-state index >= 15 is 0 Å². The van der Waals surface area contributed by atoms with Crippen molar-refractivity contribution in [1.82, 2.24) is 10.2 Å². The Bertz CT molecular complexity index is 635. The second-order valence-corrected chi connectivity index (χ2v) is 5.15. The summed E-state index contributed by atoms with van der Waals surface area (Å²) in [5, 5.41) is 2.71. The van der Waals surface area contributed by atoms with Crippen molar-refractivity contribution in [3.8, 4) is 0 Å². The number of carbonyl (C=O) groups excluding carboxylic acids is 2. The summed E-state index contributed by atoms with van der Waals surface area (Å²) in [6.45, 7) is 0.790. The number of furan rings is 1. The lowest BCUT2D eigenvalue weighted by Gasteiger charge is -2.17. The zero-order valence-electron chi connectivity index (χ0n) is 13.2. The number of nitrogens with one attached hydrogen (secondary N) is 1. The fourth-order valence-corrected chi connectivity index (χ4v) is 2.07. The molecule has 0 aliphatic rings. The fraction of sp³-hybridized carbons (Fsp3) is 0.294. The van der Waals surface area contributed by atoms with Crippen LogP contribution in [0.25, 0.3) is 0 Å². The van der Waals surface area contributed by atoms with Gasteiger partial charge in [-0.3, -0.25) is 9.59 Å². The number of amides is 2. The lowest BCUT2D eigenvalue weighted by molar-refractivity contribution is -0.121. The standard InChI is InChI=1S/C17H20N2O4/c1-19(11-16(20)18-10-15-4-3-9-23-15)17(21)14-7-5-13(6-8-14)12-22-2/h3-9H,10-12H2,1-2H3,(H,18,20). The number of methoxy groups -OCH3 is 1. The predicted octanol–water partition coefficient (Wildman–Crippen LogP) is 1.81. The molecule has 0 spiro atoms. The van der Waals surface area contributed by atoms with Gasteiger partial charge in [-0.25, -0.2) is 0 Å². The Morgan fingerprint density at radius 1 is 1.22 bits per heavy atom. The lowest BCUT2D eigenvalue weighted by atomic mass is 10.1. The van der Waals surface area contributed by atoms with Gasteiger partial charge in [-0.05, 0) is 29.8 Å². The molecule has 0 aliphatic heterocycles. The molecule has 0 unspecified atom stereocenters. The number of likely N-dealkylation sites (N-methyl/N-ethyl adjacent to an activating group) is 1. The largest absolute Gasteiger partial charge is 0.467 e. The van der Waals surface area contributed by atoms with Crippen molar-refractivity contribution in [2.24, 2.45) is 0 Å². The van der Waals surface area contributed by atoms with Gasteiger partial charge in [-0.15, -0.1) is 0 Å². The molecule has 2 rings (SSSR count). The molecular formula is C17H20N2O4. The number of hydrogen-bond donors (Lipinski definition) is 1. The van der Waals surface area contributed by atoms with E-state index in [0.717, 1.165) is 5.56 Å². The van der Waals surface area contributed by atoms with E-state index in [4.69, 9.17) is 9.15 Å². The molecule has 2 amide bonds. The molecule has 6 heteroatoms. The first-order chi connectivity index (χ1) is 11.1. The average Bonchev–Trinajstić information content (AvgIpc) is 3.07. The summed E-state index contributed by atoms with van der Waals surface area (Å²) in [6.07, 6.45) is 1.55. The van der Waals surface area contributed by atoms with Gasteiger partial charge in [0.1, 0.15) is 5.76 Å². The maximum atomic E-state index is 12.3. The molecule has 0 bridgehead atoms. The smallest absolute Gasteiger partial charge is 0.254 e. The molecule has 0 atom stereocenters. The molecule has 1 heterocycles. The van der Waals surface area contributed by atoms with Gasteiger partial charge in [0.05, 0.1) is 26.0 Å². The third-order valence-electron chi connectivity index (χ3n) is 3.28. The summed E-state index contributed by atoms with van der Waals surface area (Å²) in [5.41, 5.74) is 1.52. The van der Waals surface area contributed by atoms with Crippen molar-refractivity contribution in [3.05, 3.63) is 59.5 Å². The fourth-order valence-electron chi connectivity index (χ4n) is 2.07. The van der Waals surface area contributed by atoms with E-state index in [1.165, 1.54) is 4.90 Å². The Hall–Kier alpha value is -2.60. The number of benzene rings is 1. The van der Waals surface area contributed by atoms with Gasteiger partial charge in [-0.1, -0.05) is 12.1 Å². The molecule has 0 radical (unpaired) electrons. The van der Waals surface area contributed by atoms with Gasteiger partial charge in [0.15, 0.2) is 0 Å². The molecule has 122 valence electrons. The predicted molar refractivity (Wildman–Crippen MR) is 84.7 cm³/mol. The van der Waals surface area contributed by atoms with Crippen molar-refractivity contribution < 1.29 is 18.7 Å². The summed E-state index contributed by atoms with van der Waals surface area (Å²) in [7, 11) is 3.21. The molecule has 0 fully saturated rings. The zero-order chi connectivity index (χ0) is 16.7. The minimum Gasteiger partial charge on any atom is -0.467 e. The number of ether oxygens (including phenoxy) is 1. The molecule has 1 aromatic heterocycles. The molecule has 0 saturated heterocycles. The molecular weight excluding hydrogens is 296 g/mol. The summed E-state index contributed by atoms with van der Waals surface area (Å²) >= 11 is 0. The van der Waals surface area contributed by atoms with Crippen LogP contribution in [0, 0.1) is 0 Å². The number of nitrogens with zero attached hydrogens (tertiary/aromatic N) is 1. The van der Waals surface area contributed by atoms with Crippen molar-refractivity contribution >= 4 is 11.8 Å². The van der Waals surface area contributed by atoms with Crippen LogP contribution in [0.2, 0.25) is 0 Å². The van der Waals surface area contributed by atoms with Crippen LogP contribution in [0.15, 0.2) is 47.1 Å². The highest BCUT2D eigenvalue weighted by atomic mass is 16.5. The van der Waals surface area contributed by atoms with E-state index in [9.17, 15) is 9.59 Å². The highest BCUT2D eigenvalue weighted by molar-refractivity contribution is 5.96. The Morgan fingerprint density at radius 2 is 1.96 bits per heavy atom. The maximum absolute atomic E-state index is 12.3. The van der Waals surface area contributed by atoms with Gasteiger partial charge < -0.3 is 19.4 Å². The molecule has 1 aromatic carbocycles. The van der Waals surface area contributed by atoms with Crippen molar-refractivity contribution in [2.45, 2.75) is 13.2 Å². The first-order valence-corrected chi connectivity index (χ1v) is 7.22. The Kier molecular flexibility index (Phi) is 5.94. The van der Waals surface area contributed by atoms with Crippen LogP contribution in [0.5, 0.6) is 0 Å². The van der Waals surface area contributed by atoms with Crippen LogP contribution in [0.4, 0.5) is 0 Å². The first kappa shape index (κ1) is 16.8. The average molecular weight is 316 g/mol. The maximum Gasteiger partial charge on any atom is 0.254 e. The zero-order valence-corrected chi connectivity index (χ0v) is 13.2. The van der Waals surface area contributed by atoms with Crippen molar-refractivity contribution in [3.63, 3.8) is 0 Å². The van der Waals surface area contributed by atoms with Crippen LogP contribution in [0.1, 0.15) is 21.7 Å². The van der Waals surface area contributed by atoms with Crippen LogP contribution in [-0.4, -0.2) is 37.4 Å². The van der Waals surface area contributed by atoms with E-state index in [1.807, 2.05) is 12.1 Å². The Balaban J connectivity index is 1.85. The van der Waals surface area contributed by atoms with E-state index in [0.29, 0.717) is 24.5 Å². The normalized spacial score (nSPS) is 10.3. The highest BCUT2D eigenvalue weighted by Crippen LogP contribution is 2.08. The van der Waals surface area contributed by atoms with Crippen molar-refractivity contribution in [1.29, 1.82) is 0 Å². The molecule has 2 aromatic rings. The number of carbonyl (C=O) groups is 2. The van der Waals surface area contributed by atoms with Crippen molar-refractivity contribution in [2.75, 3.05) is 20.7 Å². The highest BCUT2D eigenvalue weighted by Gasteiger charge is 2.15. The van der Waals surface area contributed by atoms with E-state index < -0.39 is 0 Å². The molecule has 6 nitrogen and oxygen atoms in total. The third kappa shape index (κ3) is 4.96. The van der Waals surface area contributed by atoms with Gasteiger partial charge in [0.25, 0.3) is 5.91 Å². The van der Waals surface area contributed by atoms with Gasteiger partial charge in [-0.2, -0.15) is 0 Å². The van der Waals surface area contributed by atoms with Crippen LogP contribution in [0.3, 0.4) is 0 Å². The van der Waals surface area contributed by atoms with Gasteiger partial charge in [0, 0.05) is 19.7 Å². The van der Waals surface area contributed by atoms with E-state index in [-0.39, 0.29) is 18.4 Å². The van der Waals surface area contributed by atoms with Gasteiger partial charge in [0.2, 0.25) is 5.91 Å².